The predicted octanol–water partition coefficient (Wildman–Crippen LogP) is 4.36. The van der Waals surface area contributed by atoms with Gasteiger partial charge >= 0.3 is 0 Å². The van der Waals surface area contributed by atoms with Crippen molar-refractivity contribution in [2.75, 3.05) is 32.6 Å². The monoisotopic (exact) mass is 463 g/mol. The van der Waals surface area contributed by atoms with Gasteiger partial charge in [0.25, 0.3) is 5.91 Å². The van der Waals surface area contributed by atoms with E-state index in [0.717, 1.165) is 22.4 Å². The molecular weight excluding hydrogens is 437 g/mol. The lowest BCUT2D eigenvalue weighted by atomic mass is 10.0. The van der Waals surface area contributed by atoms with Gasteiger partial charge in [0.15, 0.2) is 5.65 Å². The maximum Gasteiger partial charge on any atom is 0.251 e. The maximum atomic E-state index is 13.8. The molecule has 34 heavy (non-hydrogen) atoms. The van der Waals surface area contributed by atoms with Crippen molar-refractivity contribution in [3.8, 4) is 22.9 Å². The summed E-state index contributed by atoms with van der Waals surface area (Å²) in [7, 11) is 3.23. The van der Waals surface area contributed by atoms with Crippen molar-refractivity contribution in [1.29, 1.82) is 0 Å². The highest BCUT2D eigenvalue weighted by molar-refractivity contribution is 5.96. The van der Waals surface area contributed by atoms with Crippen molar-refractivity contribution in [1.82, 2.24) is 19.9 Å². The third-order valence-corrected chi connectivity index (χ3v) is 5.43. The lowest BCUT2D eigenvalue weighted by molar-refractivity contribution is 0.0962. The number of hydrogen-bond acceptors (Lipinski definition) is 6. The van der Waals surface area contributed by atoms with E-state index < -0.39 is 5.82 Å². The highest BCUT2D eigenvalue weighted by Gasteiger charge is 2.16. The number of aryl methyl sites for hydroxylation is 2. The summed E-state index contributed by atoms with van der Waals surface area (Å²) in [4.78, 5) is 16.6. The van der Waals surface area contributed by atoms with Gasteiger partial charge in [0.2, 0.25) is 5.88 Å². The van der Waals surface area contributed by atoms with Crippen LogP contribution in [0, 0.1) is 19.7 Å². The van der Waals surface area contributed by atoms with Crippen LogP contribution in [-0.2, 0) is 4.74 Å². The minimum absolute atomic E-state index is 0.147. The Balaban J connectivity index is 1.80. The number of carbonyl (C=O) groups excluding carboxylic acids is 1. The van der Waals surface area contributed by atoms with E-state index in [1.165, 1.54) is 12.1 Å². The first kappa shape index (κ1) is 23.2. The Hall–Kier alpha value is -3.98. The minimum atomic E-state index is -0.393. The summed E-state index contributed by atoms with van der Waals surface area (Å²) in [5.74, 6) is 0.113. The Labute approximate surface area is 196 Å². The molecule has 0 aliphatic carbocycles. The normalized spacial score (nSPS) is 11.0. The molecule has 2 heterocycles. The maximum absolute atomic E-state index is 13.8. The number of benzene rings is 2. The Kier molecular flexibility index (Phi) is 6.74. The van der Waals surface area contributed by atoms with Gasteiger partial charge < -0.3 is 20.1 Å². The molecule has 0 bridgehead atoms. The molecular formula is C25H26FN5O3. The largest absolute Gasteiger partial charge is 0.437 e. The van der Waals surface area contributed by atoms with Gasteiger partial charge in [0.1, 0.15) is 11.6 Å². The molecule has 0 aliphatic rings. The van der Waals surface area contributed by atoms with Crippen LogP contribution in [-0.4, -0.2) is 47.8 Å². The standard InChI is InChI=1S/C25H26FN5O3/c1-15-5-7-18(26)12-22(15)34-23-13-20(28-9-10-33-4)24-29-14-21(31(24)30-23)17-6-8-19(16(2)11-17)25(32)27-3/h5-8,11-14,28H,9-10H2,1-4H3,(H,27,32). The van der Waals surface area contributed by atoms with Crippen LogP contribution in [0.25, 0.3) is 16.9 Å². The van der Waals surface area contributed by atoms with Gasteiger partial charge in [-0.2, -0.15) is 0 Å². The Bertz CT molecular complexity index is 1350. The molecule has 2 aromatic heterocycles. The number of fused-ring (bicyclic) bond motifs is 1. The fourth-order valence-electron chi connectivity index (χ4n) is 3.62. The molecule has 1 amide bonds. The molecule has 0 saturated carbocycles. The first-order valence-electron chi connectivity index (χ1n) is 10.8. The minimum Gasteiger partial charge on any atom is -0.437 e. The number of hydrogen-bond donors (Lipinski definition) is 2. The second kappa shape index (κ2) is 9.88. The number of nitrogens with one attached hydrogen (secondary N) is 2. The predicted molar refractivity (Wildman–Crippen MR) is 128 cm³/mol. The van der Waals surface area contributed by atoms with Crippen LogP contribution in [0.3, 0.4) is 0 Å². The van der Waals surface area contributed by atoms with E-state index in [0.29, 0.717) is 35.8 Å². The third kappa shape index (κ3) is 4.69. The van der Waals surface area contributed by atoms with Crippen molar-refractivity contribution >= 4 is 17.2 Å². The van der Waals surface area contributed by atoms with E-state index in [1.54, 1.807) is 43.1 Å². The zero-order valence-electron chi connectivity index (χ0n) is 19.5. The molecule has 4 aromatic rings. The van der Waals surface area contributed by atoms with Crippen LogP contribution in [0.4, 0.5) is 10.1 Å². The zero-order valence-corrected chi connectivity index (χ0v) is 19.5. The van der Waals surface area contributed by atoms with E-state index in [9.17, 15) is 9.18 Å². The molecule has 0 saturated heterocycles. The van der Waals surface area contributed by atoms with Crippen molar-refractivity contribution < 1.29 is 18.7 Å². The smallest absolute Gasteiger partial charge is 0.251 e. The lowest BCUT2D eigenvalue weighted by Crippen LogP contribution is -2.18. The van der Waals surface area contributed by atoms with E-state index in [1.807, 2.05) is 26.0 Å². The Morgan fingerprint density at radius 3 is 2.68 bits per heavy atom. The van der Waals surface area contributed by atoms with Crippen LogP contribution >= 0.6 is 0 Å². The summed E-state index contributed by atoms with van der Waals surface area (Å²) in [6.07, 6.45) is 1.72. The average molecular weight is 464 g/mol. The Morgan fingerprint density at radius 2 is 1.94 bits per heavy atom. The molecule has 0 aliphatic heterocycles. The molecule has 0 atom stereocenters. The first-order valence-corrected chi connectivity index (χ1v) is 10.8. The van der Waals surface area contributed by atoms with Gasteiger partial charge in [-0.25, -0.2) is 13.9 Å². The molecule has 0 fully saturated rings. The van der Waals surface area contributed by atoms with Gasteiger partial charge in [0, 0.05) is 44.0 Å². The summed E-state index contributed by atoms with van der Waals surface area (Å²) in [6.45, 7) is 4.77. The number of imidazole rings is 1. The fraction of sp³-hybridized carbons (Fsp3) is 0.240. The van der Waals surface area contributed by atoms with Crippen LogP contribution in [0.5, 0.6) is 11.6 Å². The second-order valence-electron chi connectivity index (χ2n) is 7.82. The number of carbonyl (C=O) groups is 1. The number of rotatable bonds is 8. The topological polar surface area (TPSA) is 89.8 Å². The number of aromatic nitrogens is 3. The van der Waals surface area contributed by atoms with E-state index >= 15 is 0 Å². The quantitative estimate of drug-likeness (QED) is 0.378. The molecule has 176 valence electrons. The van der Waals surface area contributed by atoms with E-state index in [4.69, 9.17) is 9.47 Å². The molecule has 4 rings (SSSR count). The fourth-order valence-corrected chi connectivity index (χ4v) is 3.62. The summed E-state index contributed by atoms with van der Waals surface area (Å²) >= 11 is 0. The van der Waals surface area contributed by atoms with Gasteiger partial charge in [-0.3, -0.25) is 4.79 Å². The van der Waals surface area contributed by atoms with Gasteiger partial charge in [-0.1, -0.05) is 12.1 Å². The number of amides is 1. The van der Waals surface area contributed by atoms with Gasteiger partial charge in [-0.05, 0) is 43.2 Å². The number of methoxy groups -OCH3 is 1. The van der Waals surface area contributed by atoms with Crippen molar-refractivity contribution in [3.63, 3.8) is 0 Å². The highest BCUT2D eigenvalue weighted by Crippen LogP contribution is 2.31. The number of nitrogens with zero attached hydrogens (tertiary/aromatic N) is 3. The summed E-state index contributed by atoms with van der Waals surface area (Å²) in [5.41, 5.74) is 5.06. The summed E-state index contributed by atoms with van der Waals surface area (Å²) in [6, 6.07) is 11.6. The molecule has 0 spiro atoms. The first-order chi connectivity index (χ1) is 16.4. The molecule has 9 heteroatoms. The average Bonchev–Trinajstić information content (AvgIpc) is 3.25. The van der Waals surface area contributed by atoms with Gasteiger partial charge in [0.05, 0.1) is 24.2 Å². The Morgan fingerprint density at radius 1 is 1.12 bits per heavy atom. The van der Waals surface area contributed by atoms with Crippen molar-refractivity contribution in [2.24, 2.45) is 0 Å². The van der Waals surface area contributed by atoms with Crippen LogP contribution in [0.2, 0.25) is 0 Å². The summed E-state index contributed by atoms with van der Waals surface area (Å²) in [5, 5.41) is 10.6. The number of ether oxygens (including phenoxy) is 2. The van der Waals surface area contributed by atoms with Crippen LogP contribution in [0.15, 0.2) is 48.7 Å². The van der Waals surface area contributed by atoms with Crippen LogP contribution in [0.1, 0.15) is 21.5 Å². The number of halogens is 1. The van der Waals surface area contributed by atoms with Crippen molar-refractivity contribution in [3.05, 3.63) is 71.2 Å². The number of anilines is 1. The summed E-state index contributed by atoms with van der Waals surface area (Å²) < 4.78 is 26.6. The second-order valence-corrected chi connectivity index (χ2v) is 7.82. The third-order valence-electron chi connectivity index (χ3n) is 5.43. The molecule has 0 unspecified atom stereocenters. The van der Waals surface area contributed by atoms with Crippen molar-refractivity contribution in [2.45, 2.75) is 13.8 Å². The molecule has 2 N–H and O–H groups in total. The molecule has 8 nitrogen and oxygen atoms in total. The van der Waals surface area contributed by atoms with Crippen LogP contribution < -0.4 is 15.4 Å². The van der Waals surface area contributed by atoms with E-state index in [2.05, 4.69) is 20.7 Å². The SMILES string of the molecule is CNC(=O)c1ccc(-c2cnc3c(NCCOC)cc(Oc4cc(F)ccc4C)nn23)cc1C. The van der Waals surface area contributed by atoms with E-state index in [-0.39, 0.29) is 11.8 Å². The lowest BCUT2D eigenvalue weighted by Gasteiger charge is -2.13. The zero-order chi connectivity index (χ0) is 24.2. The molecule has 2 aromatic carbocycles. The highest BCUT2D eigenvalue weighted by atomic mass is 19.1. The molecule has 0 radical (unpaired) electrons. The van der Waals surface area contributed by atoms with Gasteiger partial charge in [-0.15, -0.1) is 5.10 Å².